The average molecular weight is 361 g/mol. The van der Waals surface area contributed by atoms with Crippen LogP contribution in [-0.4, -0.2) is 32.7 Å². The Morgan fingerprint density at radius 3 is 2.78 bits per heavy atom. The Labute approximate surface area is 155 Å². The number of nitrogens with one attached hydrogen (secondary N) is 3. The summed E-state index contributed by atoms with van der Waals surface area (Å²) in [5.74, 6) is -0.217. The molecule has 0 fully saturated rings. The third-order valence-corrected chi connectivity index (χ3v) is 4.24. The van der Waals surface area contributed by atoms with Crippen molar-refractivity contribution in [2.24, 2.45) is 0 Å². The molecule has 3 N–H and O–H groups in total. The van der Waals surface area contributed by atoms with Gasteiger partial charge in [0.05, 0.1) is 29.0 Å². The lowest BCUT2D eigenvalue weighted by Crippen LogP contribution is -2.12. The summed E-state index contributed by atoms with van der Waals surface area (Å²) >= 11 is 0. The molecule has 27 heavy (non-hydrogen) atoms. The molecule has 0 unspecified atom stereocenters. The van der Waals surface area contributed by atoms with Gasteiger partial charge in [-0.2, -0.15) is 10.1 Å². The third kappa shape index (κ3) is 3.27. The van der Waals surface area contributed by atoms with Crippen molar-refractivity contribution >= 4 is 22.6 Å². The summed E-state index contributed by atoms with van der Waals surface area (Å²) in [6.45, 7) is 4.29. The van der Waals surface area contributed by atoms with Crippen LogP contribution in [0, 0.1) is 6.92 Å². The minimum absolute atomic E-state index is 0.217. The molecule has 2 aromatic heterocycles. The molecule has 2 aromatic carbocycles. The average Bonchev–Trinajstić information content (AvgIpc) is 3.25. The summed E-state index contributed by atoms with van der Waals surface area (Å²) in [6.07, 6.45) is 0. The summed E-state index contributed by atoms with van der Waals surface area (Å²) in [7, 11) is 0. The first-order chi connectivity index (χ1) is 13.2. The number of hydrogen-bond donors (Lipinski definition) is 3. The summed E-state index contributed by atoms with van der Waals surface area (Å²) in [5.41, 5.74) is 5.13. The van der Waals surface area contributed by atoms with Crippen LogP contribution in [0.15, 0.2) is 48.5 Å². The van der Waals surface area contributed by atoms with Crippen LogP contribution in [0.1, 0.15) is 23.0 Å². The molecular formula is C20H19N5O2. The maximum absolute atomic E-state index is 12.8. The van der Waals surface area contributed by atoms with Crippen LogP contribution in [0.4, 0.5) is 5.69 Å². The molecule has 0 spiro atoms. The number of rotatable bonds is 5. The van der Waals surface area contributed by atoms with Gasteiger partial charge in [-0.1, -0.05) is 30.3 Å². The van der Waals surface area contributed by atoms with Crippen LogP contribution in [0.25, 0.3) is 22.3 Å². The van der Waals surface area contributed by atoms with Crippen molar-refractivity contribution in [1.29, 1.82) is 0 Å². The zero-order valence-electron chi connectivity index (χ0n) is 15.0. The molecule has 0 saturated carbocycles. The number of aromatic nitrogens is 4. The van der Waals surface area contributed by atoms with Crippen LogP contribution in [-0.2, 0) is 0 Å². The number of anilines is 1. The molecule has 2 heterocycles. The zero-order valence-corrected chi connectivity index (χ0v) is 15.0. The second-order valence-electron chi connectivity index (χ2n) is 6.10. The van der Waals surface area contributed by atoms with E-state index in [1.165, 1.54) is 0 Å². The molecule has 0 aliphatic heterocycles. The molecule has 4 aromatic rings. The van der Waals surface area contributed by atoms with Crippen LogP contribution in [0.2, 0.25) is 0 Å². The van der Waals surface area contributed by atoms with Gasteiger partial charge in [-0.05, 0) is 32.0 Å². The van der Waals surface area contributed by atoms with Crippen molar-refractivity contribution in [3.05, 3.63) is 59.8 Å². The Morgan fingerprint density at radius 1 is 1.19 bits per heavy atom. The van der Waals surface area contributed by atoms with Gasteiger partial charge in [0, 0.05) is 11.1 Å². The van der Waals surface area contributed by atoms with Crippen molar-refractivity contribution in [2.45, 2.75) is 13.8 Å². The Kier molecular flexibility index (Phi) is 4.33. The smallest absolute Gasteiger partial charge is 0.294 e. The predicted octanol–water partition coefficient (Wildman–Crippen LogP) is 3.91. The molecule has 136 valence electrons. The first kappa shape index (κ1) is 16.8. The fraction of sp³-hybridized carbons (Fsp3) is 0.150. The van der Waals surface area contributed by atoms with E-state index in [4.69, 9.17) is 4.74 Å². The molecule has 7 heteroatoms. The maximum Gasteiger partial charge on any atom is 0.294 e. The number of aromatic amines is 2. The summed E-state index contributed by atoms with van der Waals surface area (Å²) < 4.78 is 5.38. The Balaban J connectivity index is 1.63. The van der Waals surface area contributed by atoms with Gasteiger partial charge in [0.25, 0.3) is 11.9 Å². The van der Waals surface area contributed by atoms with Gasteiger partial charge in [0.15, 0.2) is 0 Å². The standard InChI is InChI=1S/C20H19N5O2/c1-3-27-20-21-15-10-9-14(11-16(15)22-20)19(26)23-17-12(2)24-25-18(17)13-7-5-4-6-8-13/h4-11H,3H2,1-2H3,(H,21,22)(H,23,26)(H,24,25). The second-order valence-corrected chi connectivity index (χ2v) is 6.10. The fourth-order valence-corrected chi connectivity index (χ4v) is 2.91. The SMILES string of the molecule is CCOc1nc2ccc(C(=O)Nc3c(-c4ccccc4)n[nH]c3C)cc2[nH]1. The van der Waals surface area contributed by atoms with Gasteiger partial charge in [0.1, 0.15) is 5.69 Å². The molecule has 0 aliphatic rings. The molecule has 0 bridgehead atoms. The normalized spacial score (nSPS) is 10.9. The summed E-state index contributed by atoms with van der Waals surface area (Å²) in [5, 5.41) is 10.2. The number of amides is 1. The lowest BCUT2D eigenvalue weighted by Gasteiger charge is -2.07. The van der Waals surface area contributed by atoms with E-state index >= 15 is 0 Å². The van der Waals surface area contributed by atoms with Crippen LogP contribution in [0.3, 0.4) is 0 Å². The van der Waals surface area contributed by atoms with E-state index in [9.17, 15) is 4.79 Å². The lowest BCUT2D eigenvalue weighted by atomic mass is 10.1. The van der Waals surface area contributed by atoms with E-state index in [1.54, 1.807) is 18.2 Å². The Hall–Kier alpha value is -3.61. The number of aryl methyl sites for hydroxylation is 1. The van der Waals surface area contributed by atoms with Gasteiger partial charge in [-0.15, -0.1) is 0 Å². The van der Waals surface area contributed by atoms with E-state index in [0.717, 1.165) is 22.3 Å². The number of fused-ring (bicyclic) bond motifs is 1. The fourth-order valence-electron chi connectivity index (χ4n) is 2.91. The molecule has 0 atom stereocenters. The first-order valence-electron chi connectivity index (χ1n) is 8.70. The van der Waals surface area contributed by atoms with E-state index in [2.05, 4.69) is 25.5 Å². The Bertz CT molecular complexity index is 1100. The van der Waals surface area contributed by atoms with Crippen molar-refractivity contribution in [2.75, 3.05) is 11.9 Å². The number of hydrogen-bond acceptors (Lipinski definition) is 4. The number of carbonyl (C=O) groups is 1. The first-order valence-corrected chi connectivity index (χ1v) is 8.70. The second kappa shape index (κ2) is 6.95. The lowest BCUT2D eigenvalue weighted by molar-refractivity contribution is 0.102. The number of benzene rings is 2. The number of ether oxygens (including phenoxy) is 1. The number of H-pyrrole nitrogens is 2. The van der Waals surface area contributed by atoms with Crippen LogP contribution in [0.5, 0.6) is 6.01 Å². The highest BCUT2D eigenvalue weighted by atomic mass is 16.5. The van der Waals surface area contributed by atoms with Crippen molar-refractivity contribution in [3.8, 4) is 17.3 Å². The zero-order chi connectivity index (χ0) is 18.8. The van der Waals surface area contributed by atoms with Crippen molar-refractivity contribution in [3.63, 3.8) is 0 Å². The molecule has 7 nitrogen and oxygen atoms in total. The Morgan fingerprint density at radius 2 is 2.00 bits per heavy atom. The molecule has 0 aliphatic carbocycles. The van der Waals surface area contributed by atoms with Gasteiger partial charge in [0.2, 0.25) is 0 Å². The highest BCUT2D eigenvalue weighted by Crippen LogP contribution is 2.29. The topological polar surface area (TPSA) is 95.7 Å². The largest absolute Gasteiger partial charge is 0.465 e. The number of nitrogens with zero attached hydrogens (tertiary/aromatic N) is 2. The molecule has 0 radical (unpaired) electrons. The van der Waals surface area contributed by atoms with Gasteiger partial charge in [-0.25, -0.2) is 0 Å². The van der Waals surface area contributed by atoms with E-state index in [0.29, 0.717) is 29.6 Å². The summed E-state index contributed by atoms with van der Waals surface area (Å²) in [4.78, 5) is 20.2. The quantitative estimate of drug-likeness (QED) is 0.502. The highest BCUT2D eigenvalue weighted by molar-refractivity contribution is 6.07. The van der Waals surface area contributed by atoms with E-state index in [-0.39, 0.29) is 5.91 Å². The highest BCUT2D eigenvalue weighted by Gasteiger charge is 2.16. The third-order valence-electron chi connectivity index (χ3n) is 4.24. The molecule has 4 rings (SSSR count). The van der Waals surface area contributed by atoms with Crippen molar-refractivity contribution < 1.29 is 9.53 Å². The molecule has 1 amide bonds. The van der Waals surface area contributed by atoms with Crippen molar-refractivity contribution in [1.82, 2.24) is 20.2 Å². The summed E-state index contributed by atoms with van der Waals surface area (Å²) in [6, 6.07) is 15.5. The van der Waals surface area contributed by atoms with Crippen LogP contribution >= 0.6 is 0 Å². The van der Waals surface area contributed by atoms with Crippen LogP contribution < -0.4 is 10.1 Å². The van der Waals surface area contributed by atoms with Gasteiger partial charge >= 0.3 is 0 Å². The molecular weight excluding hydrogens is 342 g/mol. The maximum atomic E-state index is 12.8. The van der Waals surface area contributed by atoms with E-state index in [1.807, 2.05) is 44.2 Å². The number of carbonyl (C=O) groups excluding carboxylic acids is 1. The number of imidazole rings is 1. The predicted molar refractivity (Wildman–Crippen MR) is 104 cm³/mol. The minimum Gasteiger partial charge on any atom is -0.465 e. The van der Waals surface area contributed by atoms with E-state index < -0.39 is 0 Å². The molecule has 0 saturated heterocycles. The monoisotopic (exact) mass is 361 g/mol. The minimum atomic E-state index is -0.217. The van der Waals surface area contributed by atoms with Gasteiger partial charge in [-0.3, -0.25) is 9.89 Å². The van der Waals surface area contributed by atoms with Gasteiger partial charge < -0.3 is 15.0 Å².